The number of amides is 1. The molecule has 5 nitrogen and oxygen atoms in total. The highest BCUT2D eigenvalue weighted by Crippen LogP contribution is 2.18. The molecule has 1 amide bonds. The molecule has 3 rings (SSSR count). The summed E-state index contributed by atoms with van der Waals surface area (Å²) in [5.74, 6) is 0.886. The summed E-state index contributed by atoms with van der Waals surface area (Å²) < 4.78 is 5.16. The van der Waals surface area contributed by atoms with E-state index in [1.807, 2.05) is 24.3 Å². The molecular weight excluding hydrogens is 362 g/mol. The van der Waals surface area contributed by atoms with Crippen molar-refractivity contribution in [2.24, 2.45) is 0 Å². The van der Waals surface area contributed by atoms with E-state index in [0.29, 0.717) is 6.42 Å². The molecule has 1 aliphatic heterocycles. The van der Waals surface area contributed by atoms with Gasteiger partial charge in [-0.2, -0.15) is 0 Å². The first-order valence-corrected chi connectivity index (χ1v) is 10.5. The van der Waals surface area contributed by atoms with Crippen molar-refractivity contribution in [3.05, 3.63) is 59.7 Å². The number of benzene rings is 2. The van der Waals surface area contributed by atoms with E-state index in [4.69, 9.17) is 4.74 Å². The first-order valence-electron chi connectivity index (χ1n) is 10.5. The van der Waals surface area contributed by atoms with Gasteiger partial charge in [-0.3, -0.25) is 9.69 Å². The number of carbonyl (C=O) groups excluding carboxylic acids is 1. The second-order valence-electron chi connectivity index (χ2n) is 7.95. The fraction of sp³-hybridized carbons (Fsp3) is 0.458. The van der Waals surface area contributed by atoms with Crippen LogP contribution in [0.5, 0.6) is 5.75 Å². The molecule has 1 N–H and O–H groups in total. The van der Waals surface area contributed by atoms with E-state index in [1.54, 1.807) is 7.11 Å². The maximum absolute atomic E-state index is 12.3. The van der Waals surface area contributed by atoms with Crippen molar-refractivity contribution in [1.82, 2.24) is 10.2 Å². The van der Waals surface area contributed by atoms with Crippen LogP contribution >= 0.6 is 0 Å². The molecule has 1 unspecified atom stereocenters. The second kappa shape index (κ2) is 10.3. The van der Waals surface area contributed by atoms with Crippen molar-refractivity contribution >= 4 is 11.6 Å². The monoisotopic (exact) mass is 395 g/mol. The molecule has 1 atom stereocenters. The molecule has 2 aromatic rings. The molecule has 29 heavy (non-hydrogen) atoms. The molecule has 0 spiro atoms. The van der Waals surface area contributed by atoms with Crippen molar-refractivity contribution in [3.63, 3.8) is 0 Å². The van der Waals surface area contributed by atoms with Gasteiger partial charge >= 0.3 is 0 Å². The van der Waals surface area contributed by atoms with E-state index in [0.717, 1.165) is 50.5 Å². The lowest BCUT2D eigenvalue weighted by Crippen LogP contribution is -2.47. The third kappa shape index (κ3) is 6.50. The first kappa shape index (κ1) is 21.2. The lowest BCUT2D eigenvalue weighted by Gasteiger charge is -2.36. The fourth-order valence-corrected chi connectivity index (χ4v) is 3.76. The standard InChI is InChI=1S/C24H33N3O2/c1-19-5-4-6-22(17-19)27-15-13-26(14-16-27)12-11-20(2)25-24(28)18-21-7-9-23(29-3)10-8-21/h4-10,17,20H,11-16,18H2,1-3H3,(H,25,28). The van der Waals surface area contributed by atoms with Gasteiger partial charge in [0.25, 0.3) is 0 Å². The zero-order chi connectivity index (χ0) is 20.6. The summed E-state index contributed by atoms with van der Waals surface area (Å²) in [5, 5.41) is 3.13. The second-order valence-corrected chi connectivity index (χ2v) is 7.95. The summed E-state index contributed by atoms with van der Waals surface area (Å²) in [6.45, 7) is 9.51. The van der Waals surface area contributed by atoms with Crippen molar-refractivity contribution in [2.45, 2.75) is 32.7 Å². The predicted molar refractivity (Wildman–Crippen MR) is 119 cm³/mol. The van der Waals surface area contributed by atoms with Gasteiger partial charge in [0.05, 0.1) is 13.5 Å². The van der Waals surface area contributed by atoms with Gasteiger partial charge in [-0.05, 0) is 55.7 Å². The third-order valence-corrected chi connectivity index (χ3v) is 5.55. The summed E-state index contributed by atoms with van der Waals surface area (Å²) in [4.78, 5) is 17.3. The number of nitrogens with one attached hydrogen (secondary N) is 1. The lowest BCUT2D eigenvalue weighted by molar-refractivity contribution is -0.121. The van der Waals surface area contributed by atoms with Crippen molar-refractivity contribution in [1.29, 1.82) is 0 Å². The first-order chi connectivity index (χ1) is 14.0. The number of hydrogen-bond acceptors (Lipinski definition) is 4. The van der Waals surface area contributed by atoms with Gasteiger partial charge in [0.15, 0.2) is 0 Å². The van der Waals surface area contributed by atoms with Crippen LogP contribution in [0.15, 0.2) is 48.5 Å². The Labute approximate surface area is 174 Å². The highest BCUT2D eigenvalue weighted by atomic mass is 16.5. The van der Waals surface area contributed by atoms with Crippen LogP contribution in [0, 0.1) is 6.92 Å². The number of methoxy groups -OCH3 is 1. The van der Waals surface area contributed by atoms with E-state index in [-0.39, 0.29) is 11.9 Å². The van der Waals surface area contributed by atoms with E-state index < -0.39 is 0 Å². The minimum Gasteiger partial charge on any atom is -0.497 e. The molecule has 0 bridgehead atoms. The van der Waals surface area contributed by atoms with Crippen molar-refractivity contribution in [2.75, 3.05) is 44.7 Å². The molecule has 1 fully saturated rings. The van der Waals surface area contributed by atoms with Gasteiger partial charge in [-0.25, -0.2) is 0 Å². The third-order valence-electron chi connectivity index (χ3n) is 5.55. The highest BCUT2D eigenvalue weighted by molar-refractivity contribution is 5.78. The summed E-state index contributed by atoms with van der Waals surface area (Å²) in [6, 6.07) is 16.6. The maximum Gasteiger partial charge on any atom is 0.224 e. The Bertz CT molecular complexity index is 783. The molecule has 0 aliphatic carbocycles. The van der Waals surface area contributed by atoms with Crippen LogP contribution in [0.4, 0.5) is 5.69 Å². The topological polar surface area (TPSA) is 44.8 Å². The average molecular weight is 396 g/mol. The van der Waals surface area contributed by atoms with Crippen LogP contribution in [0.2, 0.25) is 0 Å². The minimum atomic E-state index is 0.0759. The van der Waals surface area contributed by atoms with Gasteiger partial charge in [0.1, 0.15) is 5.75 Å². The zero-order valence-corrected chi connectivity index (χ0v) is 17.9. The molecule has 5 heteroatoms. The van der Waals surface area contributed by atoms with Gasteiger partial charge < -0.3 is 15.0 Å². The maximum atomic E-state index is 12.3. The summed E-state index contributed by atoms with van der Waals surface area (Å²) in [5.41, 5.74) is 3.63. The smallest absolute Gasteiger partial charge is 0.224 e. The molecule has 1 aliphatic rings. The Hall–Kier alpha value is -2.53. The van der Waals surface area contributed by atoms with E-state index >= 15 is 0 Å². The van der Waals surface area contributed by atoms with E-state index in [1.165, 1.54) is 11.3 Å². The Morgan fingerprint density at radius 1 is 1.10 bits per heavy atom. The van der Waals surface area contributed by atoms with Crippen LogP contribution in [0.3, 0.4) is 0 Å². The highest BCUT2D eigenvalue weighted by Gasteiger charge is 2.18. The van der Waals surface area contributed by atoms with Crippen LogP contribution in [-0.4, -0.2) is 56.7 Å². The summed E-state index contributed by atoms with van der Waals surface area (Å²) >= 11 is 0. The minimum absolute atomic E-state index is 0.0759. The number of carbonyl (C=O) groups is 1. The Morgan fingerprint density at radius 3 is 2.48 bits per heavy atom. The Balaban J connectivity index is 1.36. The number of ether oxygens (including phenoxy) is 1. The quantitative estimate of drug-likeness (QED) is 0.745. The number of anilines is 1. The summed E-state index contributed by atoms with van der Waals surface area (Å²) in [6.07, 6.45) is 1.38. The van der Waals surface area contributed by atoms with Gasteiger partial charge in [-0.15, -0.1) is 0 Å². The van der Waals surface area contributed by atoms with Gasteiger partial charge in [-0.1, -0.05) is 24.3 Å². The molecule has 156 valence electrons. The number of piperazine rings is 1. The number of rotatable bonds is 8. The average Bonchev–Trinajstić information content (AvgIpc) is 2.73. The summed E-state index contributed by atoms with van der Waals surface area (Å²) in [7, 11) is 1.64. The van der Waals surface area contributed by atoms with Crippen molar-refractivity contribution < 1.29 is 9.53 Å². The van der Waals surface area contributed by atoms with Gasteiger partial charge in [0, 0.05) is 44.5 Å². The number of nitrogens with zero attached hydrogens (tertiary/aromatic N) is 2. The molecule has 0 saturated carbocycles. The molecule has 1 heterocycles. The zero-order valence-electron chi connectivity index (χ0n) is 17.9. The lowest BCUT2D eigenvalue weighted by atomic mass is 10.1. The molecule has 2 aromatic carbocycles. The Morgan fingerprint density at radius 2 is 1.83 bits per heavy atom. The molecule has 1 saturated heterocycles. The van der Waals surface area contributed by atoms with Crippen molar-refractivity contribution in [3.8, 4) is 5.75 Å². The fourth-order valence-electron chi connectivity index (χ4n) is 3.76. The molecule has 0 radical (unpaired) electrons. The molecular formula is C24H33N3O2. The number of hydrogen-bond donors (Lipinski definition) is 1. The van der Waals surface area contributed by atoms with Gasteiger partial charge in [0.2, 0.25) is 5.91 Å². The Kier molecular flexibility index (Phi) is 7.53. The van der Waals surface area contributed by atoms with E-state index in [2.05, 4.69) is 53.2 Å². The van der Waals surface area contributed by atoms with Crippen LogP contribution in [-0.2, 0) is 11.2 Å². The van der Waals surface area contributed by atoms with Crippen LogP contribution < -0.4 is 15.0 Å². The number of aryl methyl sites for hydroxylation is 1. The molecule has 0 aromatic heterocycles. The van der Waals surface area contributed by atoms with Crippen LogP contribution in [0.1, 0.15) is 24.5 Å². The largest absolute Gasteiger partial charge is 0.497 e. The SMILES string of the molecule is COc1ccc(CC(=O)NC(C)CCN2CCN(c3cccc(C)c3)CC2)cc1. The van der Waals surface area contributed by atoms with Crippen LogP contribution in [0.25, 0.3) is 0 Å². The predicted octanol–water partition coefficient (Wildman–Crippen LogP) is 3.26. The normalized spacial score (nSPS) is 15.8. The van der Waals surface area contributed by atoms with E-state index in [9.17, 15) is 4.79 Å².